The highest BCUT2D eigenvalue weighted by Gasteiger charge is 2.19. The summed E-state index contributed by atoms with van der Waals surface area (Å²) < 4.78 is 1.04. The minimum atomic E-state index is -0.721. The fourth-order valence-corrected chi connectivity index (χ4v) is 2.71. The summed E-state index contributed by atoms with van der Waals surface area (Å²) in [6, 6.07) is 6.38. The number of nitrogens with zero attached hydrogens (tertiary/aromatic N) is 3. The van der Waals surface area contributed by atoms with Gasteiger partial charge in [0.2, 0.25) is 5.88 Å². The molecule has 8 heteroatoms. The molecular formula is C18H23ClN4O3. The number of halogens is 1. The molecular weight excluding hydrogens is 356 g/mol. The summed E-state index contributed by atoms with van der Waals surface area (Å²) in [6.45, 7) is 3.24. The quantitative estimate of drug-likeness (QED) is 0.569. The molecule has 2 rings (SSSR count). The molecule has 0 aliphatic rings. The second-order valence-corrected chi connectivity index (χ2v) is 6.54. The maximum atomic E-state index is 12.3. The molecule has 7 nitrogen and oxygen atoms in total. The molecule has 0 unspecified atom stereocenters. The van der Waals surface area contributed by atoms with Gasteiger partial charge < -0.3 is 10.0 Å². The number of hydrogen-bond acceptors (Lipinski definition) is 5. The Morgan fingerprint density at radius 3 is 2.50 bits per heavy atom. The van der Waals surface area contributed by atoms with Crippen LogP contribution >= 0.6 is 11.6 Å². The third-order valence-electron chi connectivity index (χ3n) is 3.86. The average molecular weight is 379 g/mol. The lowest BCUT2D eigenvalue weighted by atomic mass is 10.1. The van der Waals surface area contributed by atoms with E-state index in [-0.39, 0.29) is 5.56 Å². The summed E-state index contributed by atoms with van der Waals surface area (Å²) in [7, 11) is 3.95. The first-order valence-electron chi connectivity index (χ1n) is 8.37. The fraction of sp³-hybridized carbons (Fsp3) is 0.389. The third-order valence-corrected chi connectivity index (χ3v) is 4.11. The third kappa shape index (κ3) is 4.62. The minimum absolute atomic E-state index is 0.0203. The van der Waals surface area contributed by atoms with Crippen LogP contribution in [0.5, 0.6) is 5.88 Å². The van der Waals surface area contributed by atoms with Crippen molar-refractivity contribution in [3.8, 4) is 11.6 Å². The summed E-state index contributed by atoms with van der Waals surface area (Å²) in [5, 5.41) is 11.1. The zero-order chi connectivity index (χ0) is 19.3. The molecule has 0 amide bonds. The molecule has 0 aliphatic carbocycles. The molecule has 0 saturated carbocycles. The van der Waals surface area contributed by atoms with Gasteiger partial charge in [0.1, 0.15) is 5.56 Å². The standard InChI is InChI=1S/C18H23ClN4O3/c1-4-14(20-10-5-11-22(2)3)15-16(24)21-18(26)23(17(15)25)13-8-6-12(19)7-9-13/h6-9,25H,4-5,10-11H2,1-3H3,(H,21,24,26). The van der Waals surface area contributed by atoms with E-state index in [1.54, 1.807) is 24.3 Å². The molecule has 140 valence electrons. The lowest BCUT2D eigenvalue weighted by Gasteiger charge is -2.13. The van der Waals surface area contributed by atoms with Crippen LogP contribution in [0.4, 0.5) is 0 Å². The Morgan fingerprint density at radius 1 is 1.27 bits per heavy atom. The summed E-state index contributed by atoms with van der Waals surface area (Å²) in [6.07, 6.45) is 1.28. The zero-order valence-corrected chi connectivity index (χ0v) is 15.9. The normalized spacial score (nSPS) is 12.0. The number of benzene rings is 1. The van der Waals surface area contributed by atoms with Gasteiger partial charge in [0.05, 0.1) is 11.4 Å². The van der Waals surface area contributed by atoms with Gasteiger partial charge in [-0.15, -0.1) is 0 Å². The van der Waals surface area contributed by atoms with Crippen LogP contribution in [0.2, 0.25) is 5.02 Å². The molecule has 26 heavy (non-hydrogen) atoms. The van der Waals surface area contributed by atoms with Crippen molar-refractivity contribution in [2.75, 3.05) is 27.2 Å². The van der Waals surface area contributed by atoms with Crippen LogP contribution in [-0.2, 0) is 0 Å². The van der Waals surface area contributed by atoms with Crippen LogP contribution in [0, 0.1) is 0 Å². The van der Waals surface area contributed by atoms with Crippen molar-refractivity contribution in [3.05, 3.63) is 55.7 Å². The second-order valence-electron chi connectivity index (χ2n) is 6.11. The molecule has 2 aromatic rings. The van der Waals surface area contributed by atoms with E-state index >= 15 is 0 Å². The van der Waals surface area contributed by atoms with E-state index in [0.717, 1.165) is 17.5 Å². The molecule has 0 spiro atoms. The predicted molar refractivity (Wildman–Crippen MR) is 104 cm³/mol. The van der Waals surface area contributed by atoms with Crippen LogP contribution in [0.15, 0.2) is 38.8 Å². The van der Waals surface area contributed by atoms with Crippen molar-refractivity contribution in [1.29, 1.82) is 0 Å². The van der Waals surface area contributed by atoms with Gasteiger partial charge in [-0.25, -0.2) is 9.36 Å². The van der Waals surface area contributed by atoms with Gasteiger partial charge in [0.15, 0.2) is 0 Å². The van der Waals surface area contributed by atoms with Gasteiger partial charge in [-0.05, 0) is 57.7 Å². The number of rotatable bonds is 7. The van der Waals surface area contributed by atoms with Gasteiger partial charge >= 0.3 is 5.69 Å². The maximum Gasteiger partial charge on any atom is 0.335 e. The Morgan fingerprint density at radius 2 is 1.92 bits per heavy atom. The van der Waals surface area contributed by atoms with Crippen molar-refractivity contribution in [2.45, 2.75) is 19.8 Å². The SMILES string of the molecule is CCC(=NCCCN(C)C)c1c(O)n(-c2ccc(Cl)cc2)c(=O)[nH]c1=O. The van der Waals surface area contributed by atoms with Gasteiger partial charge in [0, 0.05) is 11.6 Å². The number of aromatic hydroxyl groups is 1. The Kier molecular flexibility index (Phi) is 6.76. The molecule has 2 N–H and O–H groups in total. The Labute approximate surface area is 156 Å². The van der Waals surface area contributed by atoms with Crippen LogP contribution < -0.4 is 11.2 Å². The first kappa shape index (κ1) is 19.9. The molecule has 0 bridgehead atoms. The first-order valence-corrected chi connectivity index (χ1v) is 8.75. The van der Waals surface area contributed by atoms with Crippen molar-refractivity contribution in [2.24, 2.45) is 4.99 Å². The maximum absolute atomic E-state index is 12.3. The van der Waals surface area contributed by atoms with E-state index in [4.69, 9.17) is 11.6 Å². The molecule has 0 radical (unpaired) electrons. The van der Waals surface area contributed by atoms with Crippen molar-refractivity contribution in [3.63, 3.8) is 0 Å². The summed E-state index contributed by atoms with van der Waals surface area (Å²) in [5.41, 5.74) is -0.484. The second kappa shape index (κ2) is 8.82. The number of nitrogens with one attached hydrogen (secondary N) is 1. The number of aliphatic imine (C=N–C) groups is 1. The molecule has 1 heterocycles. The first-order chi connectivity index (χ1) is 12.3. The van der Waals surface area contributed by atoms with Crippen molar-refractivity contribution < 1.29 is 5.11 Å². The predicted octanol–water partition coefficient (Wildman–Crippen LogP) is 2.04. The van der Waals surface area contributed by atoms with Crippen LogP contribution in [-0.4, -0.2) is 52.5 Å². The number of aromatic amines is 1. The highest BCUT2D eigenvalue weighted by atomic mass is 35.5. The highest BCUT2D eigenvalue weighted by molar-refractivity contribution is 6.30. The fourth-order valence-electron chi connectivity index (χ4n) is 2.58. The number of hydrogen-bond donors (Lipinski definition) is 2. The zero-order valence-electron chi connectivity index (χ0n) is 15.1. The highest BCUT2D eigenvalue weighted by Crippen LogP contribution is 2.19. The van der Waals surface area contributed by atoms with E-state index in [2.05, 4.69) is 9.98 Å². The van der Waals surface area contributed by atoms with E-state index in [1.807, 2.05) is 25.9 Å². The molecule has 0 atom stereocenters. The van der Waals surface area contributed by atoms with Crippen molar-refractivity contribution >= 4 is 17.3 Å². The monoisotopic (exact) mass is 378 g/mol. The summed E-state index contributed by atoms with van der Waals surface area (Å²) in [4.78, 5) is 33.3. The Bertz CT molecular complexity index is 898. The Hall–Kier alpha value is -2.38. The smallest absolute Gasteiger partial charge is 0.335 e. The van der Waals surface area contributed by atoms with Crippen LogP contribution in [0.3, 0.4) is 0 Å². The average Bonchev–Trinajstić information content (AvgIpc) is 2.58. The molecule has 0 saturated heterocycles. The number of H-pyrrole nitrogens is 1. The van der Waals surface area contributed by atoms with Crippen molar-refractivity contribution in [1.82, 2.24) is 14.5 Å². The summed E-state index contributed by atoms with van der Waals surface area (Å²) >= 11 is 5.87. The molecule has 1 aromatic heterocycles. The molecule has 1 aromatic carbocycles. The van der Waals surface area contributed by atoms with E-state index < -0.39 is 17.1 Å². The van der Waals surface area contributed by atoms with E-state index in [1.165, 1.54) is 0 Å². The lowest BCUT2D eigenvalue weighted by Crippen LogP contribution is -2.33. The molecule has 0 fully saturated rings. The van der Waals surface area contributed by atoms with E-state index in [9.17, 15) is 14.7 Å². The lowest BCUT2D eigenvalue weighted by molar-refractivity contribution is 0.403. The molecule has 0 aliphatic heterocycles. The number of aromatic nitrogens is 2. The van der Waals surface area contributed by atoms with Gasteiger partial charge in [0.25, 0.3) is 5.56 Å². The van der Waals surface area contributed by atoms with Gasteiger partial charge in [-0.3, -0.25) is 14.8 Å². The minimum Gasteiger partial charge on any atom is -0.493 e. The largest absolute Gasteiger partial charge is 0.493 e. The topological polar surface area (TPSA) is 90.7 Å². The van der Waals surface area contributed by atoms with Gasteiger partial charge in [-0.1, -0.05) is 18.5 Å². The van der Waals surface area contributed by atoms with E-state index in [0.29, 0.717) is 29.4 Å². The van der Waals surface area contributed by atoms with Crippen LogP contribution in [0.25, 0.3) is 5.69 Å². The van der Waals surface area contributed by atoms with Gasteiger partial charge in [-0.2, -0.15) is 0 Å². The Balaban J connectivity index is 2.49. The summed E-state index contributed by atoms with van der Waals surface area (Å²) in [5.74, 6) is -0.422. The van der Waals surface area contributed by atoms with Crippen LogP contribution in [0.1, 0.15) is 25.3 Å².